The maximum absolute atomic E-state index is 5.88. The van der Waals surface area contributed by atoms with Gasteiger partial charge in [-0.05, 0) is 164 Å². The van der Waals surface area contributed by atoms with Crippen LogP contribution in [0.1, 0.15) is 61.8 Å². The summed E-state index contributed by atoms with van der Waals surface area (Å²) in [6, 6.07) is 41.0. The Hall–Kier alpha value is -9.50. The molecule has 6 atom stereocenters. The highest BCUT2D eigenvalue weighted by Crippen LogP contribution is 2.36. The molecule has 6 unspecified atom stereocenters. The first-order valence-electron chi connectivity index (χ1n) is 27.8. The van der Waals surface area contributed by atoms with Gasteiger partial charge in [0.2, 0.25) is 0 Å². The number of benzene rings is 8. The Bertz CT molecular complexity index is 3240. The van der Waals surface area contributed by atoms with Crippen molar-refractivity contribution >= 4 is 102 Å². The van der Waals surface area contributed by atoms with Gasteiger partial charge in [-0.15, -0.1) is 0 Å². The van der Waals surface area contributed by atoms with Crippen LogP contribution in [0.5, 0.6) is 0 Å². The number of nitrogen functional groups attached to an aromatic ring is 16. The maximum atomic E-state index is 5.88. The normalized spacial score (nSPS) is 15.9. The zero-order chi connectivity index (χ0) is 64.3. The zero-order valence-corrected chi connectivity index (χ0v) is 49.5. The SMILES string of the molecule is CC(C)(c1ccc(N)c(N)c1)c1ccc(N)c(N)c1.NC1CC(N)C(N)CC1N.NCCC(N)C(N)CCN.Nc1ccc(-c2ccc(N)c(N)c2)cc1N.Nc1ccc(Cc2ccc(N)c(N)c2)cc1N.Nc1ccc2c(N)c(N)ccc2c1N. The van der Waals surface area contributed by atoms with Crippen molar-refractivity contribution in [3.8, 4) is 11.1 Å². The molecular formula is C62H96N24. The summed E-state index contributed by atoms with van der Waals surface area (Å²) in [5.74, 6) is 0. The van der Waals surface area contributed by atoms with Crippen molar-refractivity contribution in [2.45, 2.75) is 87.6 Å². The second-order valence-corrected chi connectivity index (χ2v) is 21.9. The molecule has 0 bridgehead atoms. The molecule has 0 amide bonds. The van der Waals surface area contributed by atoms with E-state index < -0.39 is 0 Å². The standard InChI is InChI=1S/C15H20N4.C13H16N4.C12H14N4.C10H12N4.C6H16N4.C6H18N4/c1-15(2,9-3-5-11(16)13(18)7-9)10-4-6-12(17)14(19)8-10;14-10-3-1-8(6-12(10)16)5-9-2-4-11(15)13(17)7-9;13-9-3-1-7(5-11(9)15)8-2-4-10(14)12(16)6-8;11-7-3-1-5-6(10(7)14)2-4-8(12)9(5)13;7-3-1-4(8)6(10)2-5(3)9;7-3-1-5(9)6(10)2-4-8/h3-8H,16-19H2,1-2H3;1-4,6-7H,5,14-17H2;1-6H,13-16H2;1-4H,11-14H2;3-6H,1-2,7-10H2;5-6H,1-4,7-10H2. The average Bonchev–Trinajstić information content (AvgIpc) is 3.62. The van der Waals surface area contributed by atoms with Crippen LogP contribution >= 0.6 is 0 Å². The Morgan fingerprint density at radius 3 is 0.884 bits per heavy atom. The molecule has 1 aliphatic carbocycles. The molecule has 48 N–H and O–H groups in total. The van der Waals surface area contributed by atoms with Crippen molar-refractivity contribution in [2.24, 2.45) is 45.9 Å². The summed E-state index contributed by atoms with van der Waals surface area (Å²) in [5.41, 5.74) is 152. The molecule has 0 spiro atoms. The Labute approximate surface area is 504 Å². The van der Waals surface area contributed by atoms with Gasteiger partial charge in [-0.25, -0.2) is 0 Å². The quantitative estimate of drug-likeness (QED) is 0.0874. The van der Waals surface area contributed by atoms with Crippen LogP contribution in [0.25, 0.3) is 21.9 Å². The van der Waals surface area contributed by atoms with Crippen LogP contribution in [0.2, 0.25) is 0 Å². The van der Waals surface area contributed by atoms with E-state index in [4.69, 9.17) is 138 Å². The fraction of sp³-hybridized carbons (Fsp3) is 0.258. The first-order valence-corrected chi connectivity index (χ1v) is 27.8. The lowest BCUT2D eigenvalue weighted by molar-refractivity contribution is 0.309. The lowest BCUT2D eigenvalue weighted by Crippen LogP contribution is -2.58. The Morgan fingerprint density at radius 2 is 0.605 bits per heavy atom. The van der Waals surface area contributed by atoms with Gasteiger partial charge < -0.3 is 138 Å². The van der Waals surface area contributed by atoms with Gasteiger partial charge in [0.05, 0.1) is 91.0 Å². The summed E-state index contributed by atoms with van der Waals surface area (Å²) >= 11 is 0. The zero-order valence-electron chi connectivity index (χ0n) is 49.5. The molecule has 8 aromatic rings. The van der Waals surface area contributed by atoms with Crippen LogP contribution < -0.4 is 138 Å². The minimum atomic E-state index is -0.219. The maximum Gasteiger partial charge on any atom is 0.0628 e. The number of hydrogen-bond acceptors (Lipinski definition) is 24. The number of rotatable bonds is 10. The highest BCUT2D eigenvalue weighted by Gasteiger charge is 2.29. The molecule has 1 aliphatic rings. The second kappa shape index (κ2) is 31.4. The molecule has 0 saturated heterocycles. The van der Waals surface area contributed by atoms with E-state index in [2.05, 4.69) is 13.8 Å². The largest absolute Gasteiger partial charge is 0.397 e. The smallest absolute Gasteiger partial charge is 0.0628 e. The minimum Gasteiger partial charge on any atom is -0.397 e. The van der Waals surface area contributed by atoms with E-state index in [1.54, 1.807) is 24.3 Å². The first-order chi connectivity index (χ1) is 40.4. The fourth-order valence-corrected chi connectivity index (χ4v) is 8.93. The van der Waals surface area contributed by atoms with Crippen molar-refractivity contribution in [3.05, 3.63) is 156 Å². The second-order valence-electron chi connectivity index (χ2n) is 21.9. The van der Waals surface area contributed by atoms with Gasteiger partial charge in [0.15, 0.2) is 0 Å². The van der Waals surface area contributed by atoms with E-state index in [0.29, 0.717) is 104 Å². The van der Waals surface area contributed by atoms with Gasteiger partial charge in [-0.1, -0.05) is 62.4 Å². The third kappa shape index (κ3) is 19.3. The van der Waals surface area contributed by atoms with E-state index in [-0.39, 0.29) is 41.7 Å². The van der Waals surface area contributed by atoms with Gasteiger partial charge in [0, 0.05) is 52.4 Å². The van der Waals surface area contributed by atoms with Crippen LogP contribution in [0.4, 0.5) is 91.0 Å². The van der Waals surface area contributed by atoms with Crippen LogP contribution in [0.3, 0.4) is 0 Å². The van der Waals surface area contributed by atoms with E-state index in [1.165, 1.54) is 0 Å². The molecule has 8 aromatic carbocycles. The highest BCUT2D eigenvalue weighted by molar-refractivity contribution is 6.06. The van der Waals surface area contributed by atoms with Crippen LogP contribution in [-0.4, -0.2) is 49.3 Å². The summed E-state index contributed by atoms with van der Waals surface area (Å²) < 4.78 is 0. The van der Waals surface area contributed by atoms with Crippen LogP contribution in [0, 0.1) is 0 Å². The molecule has 0 radical (unpaired) electrons. The van der Waals surface area contributed by atoms with Crippen molar-refractivity contribution < 1.29 is 0 Å². The number of fused-ring (bicyclic) bond motifs is 1. The van der Waals surface area contributed by atoms with Crippen LogP contribution in [0.15, 0.2) is 133 Å². The van der Waals surface area contributed by atoms with E-state index in [0.717, 1.165) is 76.3 Å². The van der Waals surface area contributed by atoms with Crippen molar-refractivity contribution in [1.82, 2.24) is 0 Å². The average molecular weight is 1180 g/mol. The summed E-state index contributed by atoms with van der Waals surface area (Å²) in [7, 11) is 0. The predicted molar refractivity (Wildman–Crippen MR) is 372 cm³/mol. The van der Waals surface area contributed by atoms with Crippen molar-refractivity contribution in [3.63, 3.8) is 0 Å². The van der Waals surface area contributed by atoms with Crippen molar-refractivity contribution in [2.75, 3.05) is 105 Å². The molecule has 86 heavy (non-hydrogen) atoms. The van der Waals surface area contributed by atoms with Crippen molar-refractivity contribution in [1.29, 1.82) is 0 Å². The molecular weight excluding hydrogens is 1080 g/mol. The lowest BCUT2D eigenvalue weighted by Gasteiger charge is -2.34. The summed E-state index contributed by atoms with van der Waals surface area (Å²) in [5, 5.41) is 1.69. The lowest BCUT2D eigenvalue weighted by atomic mass is 9.77. The van der Waals surface area contributed by atoms with Gasteiger partial charge in [0.1, 0.15) is 0 Å². The summed E-state index contributed by atoms with van der Waals surface area (Å²) in [4.78, 5) is 0. The monoisotopic (exact) mass is 1180 g/mol. The summed E-state index contributed by atoms with van der Waals surface area (Å²) in [6.45, 7) is 5.42. The molecule has 0 aromatic heterocycles. The third-order valence-corrected chi connectivity index (χ3v) is 14.9. The van der Waals surface area contributed by atoms with E-state index >= 15 is 0 Å². The van der Waals surface area contributed by atoms with Gasteiger partial charge >= 0.3 is 0 Å². The van der Waals surface area contributed by atoms with E-state index in [9.17, 15) is 0 Å². The number of nitrogens with two attached hydrogens (primary N) is 24. The molecule has 0 aliphatic heterocycles. The van der Waals surface area contributed by atoms with Gasteiger partial charge in [-0.2, -0.15) is 0 Å². The number of hydrogen-bond donors (Lipinski definition) is 24. The molecule has 24 nitrogen and oxygen atoms in total. The fourth-order valence-electron chi connectivity index (χ4n) is 8.93. The molecule has 24 heteroatoms. The minimum absolute atomic E-state index is 0.00792. The molecule has 464 valence electrons. The molecule has 1 fully saturated rings. The first kappa shape index (κ1) is 69.0. The molecule has 9 rings (SSSR count). The summed E-state index contributed by atoms with van der Waals surface area (Å²) in [6.07, 6.45) is 3.82. The highest BCUT2D eigenvalue weighted by atomic mass is 14.9. The van der Waals surface area contributed by atoms with Gasteiger partial charge in [0.25, 0.3) is 0 Å². The molecule has 1 saturated carbocycles. The Balaban J connectivity index is 0.000000224. The van der Waals surface area contributed by atoms with Crippen LogP contribution in [-0.2, 0) is 11.8 Å². The predicted octanol–water partition coefficient (Wildman–Crippen LogP) is 3.23. The molecule has 0 heterocycles. The van der Waals surface area contributed by atoms with E-state index in [1.807, 2.05) is 109 Å². The third-order valence-electron chi connectivity index (χ3n) is 14.9. The van der Waals surface area contributed by atoms with Gasteiger partial charge in [-0.3, -0.25) is 0 Å². The number of anilines is 16. The Kier molecular flexibility index (Phi) is 25.2. The Morgan fingerprint density at radius 1 is 0.337 bits per heavy atom. The topological polar surface area (TPSA) is 624 Å².